The summed E-state index contributed by atoms with van der Waals surface area (Å²) >= 11 is 0. The minimum absolute atomic E-state index is 0.517. The summed E-state index contributed by atoms with van der Waals surface area (Å²) < 4.78 is 2.50. The van der Waals surface area contributed by atoms with Crippen molar-refractivity contribution in [2.45, 2.75) is 5.41 Å². The molecule has 0 radical (unpaired) electrons. The highest BCUT2D eigenvalue weighted by atomic mass is 15.1. The Hall–Kier alpha value is -6.90. The standard InChI is InChI=1S/C51H32N2/c1-3-16-36(17-4-1)52(37-18-5-2-6-19-37)39-31-35-27-29-47-50-48(35)45(32-39)51(42-22-11-9-20-40(42)41-21-10-12-23-43(41)51)44-24-13-25-46(49(44)50)53(47)38-28-26-33-14-7-8-15-34(33)30-38/h1-32H. The van der Waals surface area contributed by atoms with Gasteiger partial charge in [-0.25, -0.2) is 0 Å². The maximum Gasteiger partial charge on any atom is 0.0727 e. The summed E-state index contributed by atoms with van der Waals surface area (Å²) in [5, 5.41) is 7.76. The molecule has 1 aromatic heterocycles. The molecule has 0 N–H and O–H groups in total. The highest BCUT2D eigenvalue weighted by Gasteiger charge is 2.50. The van der Waals surface area contributed by atoms with E-state index in [0.29, 0.717) is 0 Å². The Labute approximate surface area is 307 Å². The molecule has 0 saturated heterocycles. The molecule has 2 heteroatoms. The quantitative estimate of drug-likeness (QED) is 0.181. The van der Waals surface area contributed by atoms with Gasteiger partial charge in [-0.15, -0.1) is 0 Å². The summed E-state index contributed by atoms with van der Waals surface area (Å²) in [7, 11) is 0. The van der Waals surface area contributed by atoms with Crippen molar-refractivity contribution in [3.63, 3.8) is 0 Å². The first kappa shape index (κ1) is 28.8. The molecule has 10 aromatic rings. The van der Waals surface area contributed by atoms with Crippen LogP contribution in [0.15, 0.2) is 194 Å². The summed E-state index contributed by atoms with van der Waals surface area (Å²) in [5.41, 5.74) is 14.6. The predicted octanol–water partition coefficient (Wildman–Crippen LogP) is 13.2. The molecule has 9 aromatic carbocycles. The fourth-order valence-corrected chi connectivity index (χ4v) is 9.89. The molecule has 53 heavy (non-hydrogen) atoms. The molecule has 0 saturated carbocycles. The predicted molar refractivity (Wildman–Crippen MR) is 221 cm³/mol. The number of benzene rings is 9. The van der Waals surface area contributed by atoms with E-state index in [2.05, 4.69) is 204 Å². The molecule has 0 bridgehead atoms. The molecule has 12 rings (SSSR count). The van der Waals surface area contributed by atoms with Crippen LogP contribution in [0.4, 0.5) is 17.1 Å². The van der Waals surface area contributed by atoms with Crippen LogP contribution in [0.3, 0.4) is 0 Å². The minimum atomic E-state index is -0.517. The van der Waals surface area contributed by atoms with Gasteiger partial charge in [0, 0.05) is 33.5 Å². The zero-order valence-electron chi connectivity index (χ0n) is 28.9. The largest absolute Gasteiger partial charge is 0.310 e. The summed E-state index contributed by atoms with van der Waals surface area (Å²) in [6.45, 7) is 0. The lowest BCUT2D eigenvalue weighted by Gasteiger charge is -2.39. The van der Waals surface area contributed by atoms with Crippen molar-refractivity contribution in [2.24, 2.45) is 0 Å². The molecule has 1 heterocycles. The van der Waals surface area contributed by atoms with Crippen LogP contribution in [0.2, 0.25) is 0 Å². The molecule has 246 valence electrons. The average molecular weight is 673 g/mol. The van der Waals surface area contributed by atoms with Crippen molar-refractivity contribution in [3.05, 3.63) is 216 Å². The smallest absolute Gasteiger partial charge is 0.0727 e. The average Bonchev–Trinajstić information content (AvgIpc) is 3.72. The van der Waals surface area contributed by atoms with Gasteiger partial charge in [0.15, 0.2) is 0 Å². The number of para-hydroxylation sites is 2. The number of hydrogen-bond donors (Lipinski definition) is 0. The summed E-state index contributed by atoms with van der Waals surface area (Å²) in [5.74, 6) is 0. The van der Waals surface area contributed by atoms with Crippen LogP contribution in [0.25, 0.3) is 60.2 Å². The Morgan fingerprint density at radius 2 is 0.925 bits per heavy atom. The molecule has 1 spiro atoms. The van der Waals surface area contributed by atoms with E-state index in [0.717, 1.165) is 17.1 Å². The number of anilines is 3. The summed E-state index contributed by atoms with van der Waals surface area (Å²) in [4.78, 5) is 2.41. The van der Waals surface area contributed by atoms with Gasteiger partial charge in [-0.3, -0.25) is 0 Å². The van der Waals surface area contributed by atoms with Gasteiger partial charge in [0.2, 0.25) is 0 Å². The van der Waals surface area contributed by atoms with Crippen LogP contribution in [-0.4, -0.2) is 4.57 Å². The van der Waals surface area contributed by atoms with Crippen LogP contribution >= 0.6 is 0 Å². The topological polar surface area (TPSA) is 8.17 Å². The van der Waals surface area contributed by atoms with E-state index >= 15 is 0 Å². The van der Waals surface area contributed by atoms with Gasteiger partial charge in [0.25, 0.3) is 0 Å². The van der Waals surface area contributed by atoms with E-state index in [1.807, 2.05) is 0 Å². The zero-order valence-corrected chi connectivity index (χ0v) is 28.9. The normalized spacial score (nSPS) is 13.4. The van der Waals surface area contributed by atoms with E-state index in [1.54, 1.807) is 0 Å². The van der Waals surface area contributed by atoms with Crippen LogP contribution in [0.1, 0.15) is 22.3 Å². The van der Waals surface area contributed by atoms with Gasteiger partial charge in [-0.05, 0) is 116 Å². The van der Waals surface area contributed by atoms with Crippen LogP contribution in [-0.2, 0) is 5.41 Å². The van der Waals surface area contributed by atoms with E-state index in [-0.39, 0.29) is 0 Å². The van der Waals surface area contributed by atoms with Crippen molar-refractivity contribution in [1.29, 1.82) is 0 Å². The molecule has 0 fully saturated rings. The van der Waals surface area contributed by atoms with Crippen LogP contribution in [0.5, 0.6) is 0 Å². The Balaban J connectivity index is 1.27. The molecular weight excluding hydrogens is 641 g/mol. The fourth-order valence-electron chi connectivity index (χ4n) is 9.89. The summed E-state index contributed by atoms with van der Waals surface area (Å²) in [6.07, 6.45) is 0. The second-order valence-electron chi connectivity index (χ2n) is 14.5. The third-order valence-corrected chi connectivity index (χ3v) is 11.9. The van der Waals surface area contributed by atoms with Crippen LogP contribution < -0.4 is 4.90 Å². The van der Waals surface area contributed by atoms with Gasteiger partial charge in [-0.1, -0.05) is 133 Å². The van der Waals surface area contributed by atoms with E-state index in [4.69, 9.17) is 0 Å². The number of nitrogens with zero attached hydrogens (tertiary/aromatic N) is 2. The lowest BCUT2D eigenvalue weighted by atomic mass is 9.63. The van der Waals surface area contributed by atoms with Gasteiger partial charge in [0.05, 0.1) is 16.4 Å². The van der Waals surface area contributed by atoms with Gasteiger partial charge in [-0.2, -0.15) is 0 Å². The highest BCUT2D eigenvalue weighted by Crippen LogP contribution is 2.62. The monoisotopic (exact) mass is 672 g/mol. The van der Waals surface area contributed by atoms with Gasteiger partial charge < -0.3 is 9.47 Å². The maximum atomic E-state index is 2.51. The molecule has 0 atom stereocenters. The Morgan fingerprint density at radius 1 is 0.340 bits per heavy atom. The second kappa shape index (κ2) is 10.6. The van der Waals surface area contributed by atoms with Crippen molar-refractivity contribution in [2.75, 3.05) is 4.90 Å². The Bertz CT molecular complexity index is 3030. The van der Waals surface area contributed by atoms with Crippen molar-refractivity contribution in [1.82, 2.24) is 4.57 Å². The molecular formula is C51H32N2. The third-order valence-electron chi connectivity index (χ3n) is 11.9. The number of aromatic nitrogens is 1. The molecule has 0 unspecified atom stereocenters. The lowest BCUT2D eigenvalue weighted by molar-refractivity contribution is 0.783. The molecule has 2 aliphatic carbocycles. The van der Waals surface area contributed by atoms with Crippen molar-refractivity contribution >= 4 is 60.4 Å². The second-order valence-corrected chi connectivity index (χ2v) is 14.5. The first-order valence-corrected chi connectivity index (χ1v) is 18.4. The molecule has 2 aliphatic rings. The number of fused-ring (bicyclic) bond motifs is 8. The lowest BCUT2D eigenvalue weighted by Crippen LogP contribution is -2.31. The fraction of sp³-hybridized carbons (Fsp3) is 0.0196. The van der Waals surface area contributed by atoms with Crippen molar-refractivity contribution in [3.8, 4) is 16.8 Å². The Kier molecular flexibility index (Phi) is 5.73. The zero-order chi connectivity index (χ0) is 34.7. The van der Waals surface area contributed by atoms with E-state index in [9.17, 15) is 0 Å². The van der Waals surface area contributed by atoms with Crippen molar-refractivity contribution < 1.29 is 0 Å². The van der Waals surface area contributed by atoms with Gasteiger partial charge >= 0.3 is 0 Å². The molecule has 0 aliphatic heterocycles. The van der Waals surface area contributed by atoms with Gasteiger partial charge in [0.1, 0.15) is 0 Å². The molecule has 0 amide bonds. The first-order valence-electron chi connectivity index (χ1n) is 18.4. The summed E-state index contributed by atoms with van der Waals surface area (Å²) in [6, 6.07) is 72.0. The van der Waals surface area contributed by atoms with E-state index < -0.39 is 5.41 Å². The minimum Gasteiger partial charge on any atom is -0.310 e. The third kappa shape index (κ3) is 3.72. The number of hydrogen-bond acceptors (Lipinski definition) is 1. The highest BCUT2D eigenvalue weighted by molar-refractivity contribution is 6.27. The first-order chi connectivity index (χ1) is 26.3. The van der Waals surface area contributed by atoms with Crippen LogP contribution in [0, 0.1) is 0 Å². The molecule has 2 nitrogen and oxygen atoms in total. The van der Waals surface area contributed by atoms with E-state index in [1.165, 1.54) is 82.4 Å². The SMILES string of the molecule is c1ccc(N(c2ccccc2)c2cc3c4c(ccc5c4c4c(cccc4n5-c4ccc5ccccc5c4)C34c3ccccc3-c3ccccc34)c2)cc1. The number of rotatable bonds is 4. The Morgan fingerprint density at radius 3 is 1.64 bits per heavy atom. The maximum absolute atomic E-state index is 2.51.